The molecule has 1 N–H and O–H groups in total. The Hall–Kier alpha value is -0.450. The van der Waals surface area contributed by atoms with Crippen LogP contribution in [0.4, 0.5) is 0 Å². The Morgan fingerprint density at radius 1 is 1.53 bits per heavy atom. The van der Waals surface area contributed by atoms with Crippen molar-refractivity contribution in [3.8, 4) is 0 Å². The van der Waals surface area contributed by atoms with E-state index in [1.165, 1.54) is 0 Å². The highest BCUT2D eigenvalue weighted by Gasteiger charge is 2.21. The summed E-state index contributed by atoms with van der Waals surface area (Å²) in [6, 6.07) is 0. The van der Waals surface area contributed by atoms with Crippen molar-refractivity contribution in [2.24, 2.45) is 0 Å². The molecule has 0 saturated heterocycles. The Morgan fingerprint density at radius 3 is 2.93 bits per heavy atom. The molecule has 0 aromatic carbocycles. The van der Waals surface area contributed by atoms with Gasteiger partial charge in [0, 0.05) is 24.8 Å². The van der Waals surface area contributed by atoms with Gasteiger partial charge in [-0.15, -0.1) is 11.3 Å². The molecule has 0 spiro atoms. The van der Waals surface area contributed by atoms with Crippen molar-refractivity contribution in [1.82, 2.24) is 10.3 Å². The van der Waals surface area contributed by atoms with E-state index in [1.807, 2.05) is 18.5 Å². The standard InChI is InChI=1S/C11H20N2OS/c1-4-14-8-5-6-13-11(2,3)10-12-7-9-15-10/h7,9,13H,4-6,8H2,1-3H3. The number of ether oxygens (including phenoxy) is 1. The molecule has 0 unspecified atom stereocenters. The Bertz CT molecular complexity index is 260. The lowest BCUT2D eigenvalue weighted by atomic mass is 10.1. The van der Waals surface area contributed by atoms with Crippen LogP contribution in [-0.4, -0.2) is 24.7 Å². The molecule has 0 aliphatic heterocycles. The van der Waals surface area contributed by atoms with E-state index < -0.39 is 0 Å². The molecule has 0 fully saturated rings. The topological polar surface area (TPSA) is 34.1 Å². The predicted octanol–water partition coefficient (Wildman–Crippen LogP) is 2.39. The molecule has 1 aromatic heterocycles. The number of nitrogens with zero attached hydrogens (tertiary/aromatic N) is 1. The number of thiazole rings is 1. The third-order valence-corrected chi connectivity index (χ3v) is 3.30. The largest absolute Gasteiger partial charge is 0.382 e. The van der Waals surface area contributed by atoms with E-state index in [9.17, 15) is 0 Å². The maximum Gasteiger partial charge on any atom is 0.112 e. The van der Waals surface area contributed by atoms with Gasteiger partial charge >= 0.3 is 0 Å². The lowest BCUT2D eigenvalue weighted by Crippen LogP contribution is -2.37. The first kappa shape index (κ1) is 12.6. The summed E-state index contributed by atoms with van der Waals surface area (Å²) in [5.41, 5.74) is -0.0274. The van der Waals surface area contributed by atoms with Crippen molar-refractivity contribution >= 4 is 11.3 Å². The van der Waals surface area contributed by atoms with E-state index in [0.29, 0.717) is 0 Å². The zero-order valence-corrected chi connectivity index (χ0v) is 10.6. The molecule has 0 aliphatic rings. The molecule has 0 aliphatic carbocycles. The number of nitrogens with one attached hydrogen (secondary N) is 1. The Kier molecular flexibility index (Phi) is 5.22. The molecule has 1 aromatic rings. The van der Waals surface area contributed by atoms with Crippen molar-refractivity contribution in [3.05, 3.63) is 16.6 Å². The maximum absolute atomic E-state index is 5.29. The van der Waals surface area contributed by atoms with E-state index in [4.69, 9.17) is 4.74 Å². The minimum Gasteiger partial charge on any atom is -0.382 e. The first-order valence-electron chi connectivity index (χ1n) is 5.39. The number of rotatable bonds is 7. The fraction of sp³-hybridized carbons (Fsp3) is 0.727. The Balaban J connectivity index is 2.25. The molecule has 1 heterocycles. The molecule has 0 amide bonds. The fourth-order valence-corrected chi connectivity index (χ4v) is 2.07. The second-order valence-corrected chi connectivity index (χ2v) is 4.83. The lowest BCUT2D eigenvalue weighted by Gasteiger charge is -2.23. The van der Waals surface area contributed by atoms with Crippen LogP contribution >= 0.6 is 11.3 Å². The van der Waals surface area contributed by atoms with Gasteiger partial charge in [0.15, 0.2) is 0 Å². The molecule has 15 heavy (non-hydrogen) atoms. The van der Waals surface area contributed by atoms with Gasteiger partial charge in [-0.1, -0.05) is 0 Å². The van der Waals surface area contributed by atoms with Crippen LogP contribution in [0, 0.1) is 0 Å². The highest BCUT2D eigenvalue weighted by atomic mass is 32.1. The highest BCUT2D eigenvalue weighted by Crippen LogP contribution is 2.21. The van der Waals surface area contributed by atoms with Crippen LogP contribution in [0.2, 0.25) is 0 Å². The molecular formula is C11H20N2OS. The van der Waals surface area contributed by atoms with E-state index in [2.05, 4.69) is 24.1 Å². The van der Waals surface area contributed by atoms with Crippen LogP contribution < -0.4 is 5.32 Å². The van der Waals surface area contributed by atoms with Crippen molar-refractivity contribution in [2.45, 2.75) is 32.7 Å². The van der Waals surface area contributed by atoms with Crippen molar-refractivity contribution in [2.75, 3.05) is 19.8 Å². The molecule has 86 valence electrons. The molecule has 4 heteroatoms. The average Bonchev–Trinajstić information content (AvgIpc) is 2.70. The van der Waals surface area contributed by atoms with Gasteiger partial charge in [-0.05, 0) is 33.7 Å². The number of aromatic nitrogens is 1. The minimum absolute atomic E-state index is 0.0274. The molecule has 0 atom stereocenters. The van der Waals surface area contributed by atoms with Gasteiger partial charge in [0.1, 0.15) is 5.01 Å². The SMILES string of the molecule is CCOCCCNC(C)(C)c1nccs1. The van der Waals surface area contributed by atoms with Crippen LogP contribution in [0.5, 0.6) is 0 Å². The quantitative estimate of drug-likeness (QED) is 0.728. The summed E-state index contributed by atoms with van der Waals surface area (Å²) in [7, 11) is 0. The Morgan fingerprint density at radius 2 is 2.33 bits per heavy atom. The normalized spacial score (nSPS) is 11.9. The van der Waals surface area contributed by atoms with Crippen LogP contribution in [0.1, 0.15) is 32.2 Å². The zero-order chi connectivity index (χ0) is 11.1. The van der Waals surface area contributed by atoms with E-state index in [-0.39, 0.29) is 5.54 Å². The second kappa shape index (κ2) is 6.20. The van der Waals surface area contributed by atoms with Crippen molar-refractivity contribution in [1.29, 1.82) is 0 Å². The van der Waals surface area contributed by atoms with Gasteiger partial charge in [-0.25, -0.2) is 4.98 Å². The summed E-state index contributed by atoms with van der Waals surface area (Å²) in [5, 5.41) is 6.64. The van der Waals surface area contributed by atoms with Crippen LogP contribution in [0.3, 0.4) is 0 Å². The number of hydrogen-bond donors (Lipinski definition) is 1. The van der Waals surface area contributed by atoms with E-state index in [1.54, 1.807) is 11.3 Å². The smallest absolute Gasteiger partial charge is 0.112 e. The van der Waals surface area contributed by atoms with Gasteiger partial charge in [-0.2, -0.15) is 0 Å². The van der Waals surface area contributed by atoms with Gasteiger partial charge < -0.3 is 10.1 Å². The second-order valence-electron chi connectivity index (χ2n) is 3.94. The van der Waals surface area contributed by atoms with Gasteiger partial charge in [-0.3, -0.25) is 0 Å². The Labute approximate surface area is 95.9 Å². The summed E-state index contributed by atoms with van der Waals surface area (Å²) < 4.78 is 5.29. The van der Waals surface area contributed by atoms with Gasteiger partial charge in [0.2, 0.25) is 0 Å². The first-order chi connectivity index (χ1) is 7.17. The van der Waals surface area contributed by atoms with Gasteiger partial charge in [0.05, 0.1) is 5.54 Å². The van der Waals surface area contributed by atoms with Gasteiger partial charge in [0.25, 0.3) is 0 Å². The summed E-state index contributed by atoms with van der Waals surface area (Å²) in [5.74, 6) is 0. The molecule has 0 bridgehead atoms. The molecule has 0 saturated carbocycles. The van der Waals surface area contributed by atoms with Crippen LogP contribution in [0.15, 0.2) is 11.6 Å². The van der Waals surface area contributed by atoms with E-state index >= 15 is 0 Å². The molecule has 0 radical (unpaired) electrons. The summed E-state index contributed by atoms with van der Waals surface area (Å²) in [6.07, 6.45) is 2.90. The maximum atomic E-state index is 5.29. The van der Waals surface area contributed by atoms with Crippen LogP contribution in [0.25, 0.3) is 0 Å². The molecule has 1 rings (SSSR count). The van der Waals surface area contributed by atoms with Crippen molar-refractivity contribution < 1.29 is 4.74 Å². The van der Waals surface area contributed by atoms with Crippen molar-refractivity contribution in [3.63, 3.8) is 0 Å². The average molecular weight is 228 g/mol. The first-order valence-corrected chi connectivity index (χ1v) is 6.27. The lowest BCUT2D eigenvalue weighted by molar-refractivity contribution is 0.142. The third kappa shape index (κ3) is 4.28. The molecular weight excluding hydrogens is 208 g/mol. The highest BCUT2D eigenvalue weighted by molar-refractivity contribution is 7.09. The number of hydrogen-bond acceptors (Lipinski definition) is 4. The summed E-state index contributed by atoms with van der Waals surface area (Å²) in [4.78, 5) is 4.33. The monoisotopic (exact) mass is 228 g/mol. The predicted molar refractivity (Wildman–Crippen MR) is 64.3 cm³/mol. The van der Waals surface area contributed by atoms with Crippen LogP contribution in [-0.2, 0) is 10.3 Å². The third-order valence-electron chi connectivity index (χ3n) is 2.20. The summed E-state index contributed by atoms with van der Waals surface area (Å²) in [6.45, 7) is 8.94. The zero-order valence-electron chi connectivity index (χ0n) is 9.75. The fourth-order valence-electron chi connectivity index (χ4n) is 1.33. The minimum atomic E-state index is -0.0274. The molecule has 3 nitrogen and oxygen atoms in total. The van der Waals surface area contributed by atoms with E-state index in [0.717, 1.165) is 31.2 Å². The summed E-state index contributed by atoms with van der Waals surface area (Å²) >= 11 is 1.69.